The van der Waals surface area contributed by atoms with Crippen molar-refractivity contribution >= 4 is 14.0 Å². The van der Waals surface area contributed by atoms with Crippen LogP contribution in [0.5, 0.6) is 0 Å². The summed E-state index contributed by atoms with van der Waals surface area (Å²) in [7, 11) is 1.87. The summed E-state index contributed by atoms with van der Waals surface area (Å²) < 4.78 is 16.4. The van der Waals surface area contributed by atoms with Crippen LogP contribution >= 0.6 is 0 Å². The van der Waals surface area contributed by atoms with Gasteiger partial charge in [-0.15, -0.1) is 0 Å². The van der Waals surface area contributed by atoms with Gasteiger partial charge in [0, 0.05) is 39.1 Å². The Labute approximate surface area is 103 Å². The molecule has 0 amide bonds. The highest BCUT2D eigenvalue weighted by Gasteiger charge is 2.43. The molecule has 0 fully saturated rings. The van der Waals surface area contributed by atoms with Crippen LogP contribution in [0.2, 0.25) is 0 Å². The molecule has 0 bridgehead atoms. The molecule has 0 spiro atoms. The minimum Gasteiger partial charge on any atom is -0.373 e. The lowest BCUT2D eigenvalue weighted by molar-refractivity contribution is 0.140. The topological polar surface area (TPSA) is 79.7 Å². The van der Waals surface area contributed by atoms with Gasteiger partial charge in [-0.05, 0) is 5.56 Å². The molecular weight excluding hydrogens is 236 g/mol. The summed E-state index contributed by atoms with van der Waals surface area (Å²) in [6.07, 6.45) is 0. The summed E-state index contributed by atoms with van der Waals surface area (Å²) >= 11 is 0. The normalized spacial score (nSPS) is 13.7. The Morgan fingerprint density at radius 2 is 1.65 bits per heavy atom. The molecule has 17 heavy (non-hydrogen) atoms. The maximum absolute atomic E-state index is 5.99. The van der Waals surface area contributed by atoms with E-state index in [0.717, 1.165) is 10.8 Å². The number of nitrogens with two attached hydrogens (primary N) is 2. The largest absolute Gasteiger partial charge is 0.536 e. The molecule has 4 N–H and O–H groups in total. The van der Waals surface area contributed by atoms with E-state index in [1.807, 2.05) is 24.3 Å². The van der Waals surface area contributed by atoms with Gasteiger partial charge in [0.2, 0.25) is 0 Å². The predicted molar refractivity (Wildman–Crippen MR) is 68.8 cm³/mol. The fourth-order valence-electron chi connectivity index (χ4n) is 1.81. The molecule has 96 valence electrons. The van der Waals surface area contributed by atoms with Crippen molar-refractivity contribution in [1.29, 1.82) is 0 Å². The van der Waals surface area contributed by atoms with Crippen molar-refractivity contribution in [3.63, 3.8) is 0 Å². The Bertz CT molecular complexity index is 350. The van der Waals surface area contributed by atoms with Gasteiger partial charge in [-0.2, -0.15) is 0 Å². The molecule has 0 aliphatic rings. The number of hydrogen-bond acceptors (Lipinski definition) is 5. The summed E-state index contributed by atoms with van der Waals surface area (Å²) in [5.74, 6) is 0. The molecule has 1 unspecified atom stereocenters. The second-order valence-corrected chi connectivity index (χ2v) is 6.47. The second kappa shape index (κ2) is 6.25. The molecule has 1 aromatic carbocycles. The minimum absolute atomic E-state index is 0.251. The van der Waals surface area contributed by atoms with Gasteiger partial charge >= 0.3 is 8.80 Å². The van der Waals surface area contributed by atoms with Gasteiger partial charge in [0.05, 0.1) is 0 Å². The van der Waals surface area contributed by atoms with Gasteiger partial charge in [-0.1, -0.05) is 24.3 Å². The first-order valence-corrected chi connectivity index (χ1v) is 7.08. The van der Waals surface area contributed by atoms with Crippen molar-refractivity contribution in [3.8, 4) is 0 Å². The molecule has 0 saturated heterocycles. The lowest BCUT2D eigenvalue weighted by Gasteiger charge is -2.28. The molecule has 0 saturated carbocycles. The van der Waals surface area contributed by atoms with Crippen LogP contribution in [0.4, 0.5) is 0 Å². The van der Waals surface area contributed by atoms with E-state index < -0.39 is 8.80 Å². The summed E-state index contributed by atoms with van der Waals surface area (Å²) in [5.41, 5.74) is 12.5. The van der Waals surface area contributed by atoms with Crippen LogP contribution in [0.15, 0.2) is 24.3 Å². The highest BCUT2D eigenvalue weighted by molar-refractivity contribution is 6.75. The Morgan fingerprint density at radius 1 is 1.12 bits per heavy atom. The van der Waals surface area contributed by atoms with Crippen molar-refractivity contribution in [2.75, 3.05) is 27.9 Å². The average molecular weight is 256 g/mol. The molecule has 5 nitrogen and oxygen atoms in total. The van der Waals surface area contributed by atoms with Crippen LogP contribution in [-0.4, -0.2) is 36.7 Å². The molecule has 1 atom stereocenters. The number of benzene rings is 1. The standard InChI is InChI=1S/C11H20N2O3Si/c1-14-17(15-2,16-3)11-7-5-4-6-9(11)10(13)8-12/h4-7,10H,8,12-13H2,1-3H3. The van der Waals surface area contributed by atoms with Crippen molar-refractivity contribution in [2.45, 2.75) is 6.04 Å². The molecule has 1 rings (SSSR count). The van der Waals surface area contributed by atoms with Crippen molar-refractivity contribution in [1.82, 2.24) is 0 Å². The molecular formula is C11H20N2O3Si. The Hall–Kier alpha value is -0.763. The zero-order valence-electron chi connectivity index (χ0n) is 10.5. The Balaban J connectivity index is 3.28. The molecule has 0 aromatic heterocycles. The smallest absolute Gasteiger partial charge is 0.373 e. The van der Waals surface area contributed by atoms with Gasteiger partial charge < -0.3 is 24.7 Å². The first-order valence-electron chi connectivity index (χ1n) is 5.35. The molecule has 0 heterocycles. The summed E-state index contributed by atoms with van der Waals surface area (Å²) in [6, 6.07) is 7.40. The van der Waals surface area contributed by atoms with Gasteiger partial charge in [-0.25, -0.2) is 0 Å². The third-order valence-corrected chi connectivity index (χ3v) is 5.48. The quantitative estimate of drug-likeness (QED) is 0.685. The molecule has 0 radical (unpaired) electrons. The monoisotopic (exact) mass is 256 g/mol. The molecule has 0 aliphatic heterocycles. The third kappa shape index (κ3) is 2.74. The van der Waals surface area contributed by atoms with E-state index in [1.165, 1.54) is 0 Å². The van der Waals surface area contributed by atoms with Crippen molar-refractivity contribution in [3.05, 3.63) is 29.8 Å². The molecule has 1 aromatic rings. The third-order valence-electron chi connectivity index (χ3n) is 2.75. The van der Waals surface area contributed by atoms with E-state index in [2.05, 4.69) is 0 Å². The number of rotatable bonds is 6. The van der Waals surface area contributed by atoms with Crippen LogP contribution < -0.4 is 16.7 Å². The van der Waals surface area contributed by atoms with Crippen LogP contribution in [0.3, 0.4) is 0 Å². The summed E-state index contributed by atoms with van der Waals surface area (Å²) in [4.78, 5) is 0. The van der Waals surface area contributed by atoms with E-state index in [9.17, 15) is 0 Å². The highest BCUT2D eigenvalue weighted by Crippen LogP contribution is 2.14. The number of hydrogen-bond donors (Lipinski definition) is 2. The fraction of sp³-hybridized carbons (Fsp3) is 0.455. The molecule has 6 heteroatoms. The van der Waals surface area contributed by atoms with Gasteiger partial charge in [0.15, 0.2) is 0 Å². The van der Waals surface area contributed by atoms with Gasteiger partial charge in [-0.3, -0.25) is 0 Å². The second-order valence-electron chi connectivity index (χ2n) is 3.60. The van der Waals surface area contributed by atoms with Gasteiger partial charge in [0.1, 0.15) is 0 Å². The lowest BCUT2D eigenvalue weighted by Crippen LogP contribution is -2.56. The summed E-state index contributed by atoms with van der Waals surface area (Å²) in [5, 5.41) is 0.866. The van der Waals surface area contributed by atoms with Crippen LogP contribution in [0, 0.1) is 0 Å². The zero-order chi connectivity index (χ0) is 12.9. The maximum Gasteiger partial charge on any atom is 0.536 e. The van der Waals surface area contributed by atoms with Crippen LogP contribution in [0.1, 0.15) is 11.6 Å². The SMILES string of the molecule is CO[Si](OC)(OC)c1ccccc1C(N)CN. The summed E-state index contributed by atoms with van der Waals surface area (Å²) in [6.45, 7) is 0.360. The van der Waals surface area contributed by atoms with E-state index in [4.69, 9.17) is 24.7 Å². The van der Waals surface area contributed by atoms with Crippen LogP contribution in [-0.2, 0) is 13.3 Å². The lowest BCUT2D eigenvalue weighted by atomic mass is 10.1. The Kier molecular flexibility index (Phi) is 5.25. The van der Waals surface area contributed by atoms with Crippen molar-refractivity contribution in [2.24, 2.45) is 11.5 Å². The predicted octanol–water partition coefficient (Wildman–Crippen LogP) is -0.270. The minimum atomic E-state index is -2.85. The first kappa shape index (κ1) is 14.3. The highest BCUT2D eigenvalue weighted by atomic mass is 28.4. The van der Waals surface area contributed by atoms with E-state index in [1.54, 1.807) is 21.3 Å². The van der Waals surface area contributed by atoms with Crippen LogP contribution in [0.25, 0.3) is 0 Å². The van der Waals surface area contributed by atoms with E-state index in [-0.39, 0.29) is 6.04 Å². The van der Waals surface area contributed by atoms with E-state index in [0.29, 0.717) is 6.54 Å². The fourth-order valence-corrected chi connectivity index (χ4v) is 3.89. The average Bonchev–Trinajstić information content (AvgIpc) is 2.41. The maximum atomic E-state index is 5.99. The van der Waals surface area contributed by atoms with Gasteiger partial charge in [0.25, 0.3) is 0 Å². The van der Waals surface area contributed by atoms with E-state index >= 15 is 0 Å². The Morgan fingerprint density at radius 3 is 2.12 bits per heavy atom. The first-order chi connectivity index (χ1) is 8.15. The molecule has 0 aliphatic carbocycles. The zero-order valence-corrected chi connectivity index (χ0v) is 11.5. The van der Waals surface area contributed by atoms with Crippen molar-refractivity contribution < 1.29 is 13.3 Å².